The minimum Gasteiger partial charge on any atom is -0.489 e. The monoisotopic (exact) mass is 390 g/mol. The van der Waals surface area contributed by atoms with Crippen LogP contribution >= 0.6 is 0 Å². The number of aryl methyl sites for hydroxylation is 1. The number of carbonyl (C=O) groups excluding carboxylic acids is 2. The maximum atomic E-state index is 12.8. The molecule has 1 aromatic heterocycles. The van der Waals surface area contributed by atoms with E-state index >= 15 is 0 Å². The number of fused-ring (bicyclic) bond motifs is 1. The Morgan fingerprint density at radius 3 is 2.66 bits per heavy atom. The number of ether oxygens (including phenoxy) is 1. The molecular formula is C22H22N4O3. The number of para-hydroxylation sites is 2. The van der Waals surface area contributed by atoms with Crippen LogP contribution in [-0.4, -0.2) is 41.3 Å². The first-order valence-electron chi connectivity index (χ1n) is 9.40. The number of carbonyl (C=O) groups is 2. The van der Waals surface area contributed by atoms with Gasteiger partial charge < -0.3 is 15.0 Å². The van der Waals surface area contributed by atoms with Crippen molar-refractivity contribution >= 4 is 17.5 Å². The van der Waals surface area contributed by atoms with Gasteiger partial charge in [-0.15, -0.1) is 0 Å². The Bertz CT molecular complexity index is 1050. The van der Waals surface area contributed by atoms with Gasteiger partial charge in [-0.25, -0.2) is 0 Å². The number of hydrogen-bond acceptors (Lipinski definition) is 4. The van der Waals surface area contributed by atoms with Gasteiger partial charge in [0.15, 0.2) is 0 Å². The van der Waals surface area contributed by atoms with Crippen LogP contribution in [-0.2, 0) is 18.3 Å². The van der Waals surface area contributed by atoms with E-state index in [1.807, 2.05) is 48.5 Å². The summed E-state index contributed by atoms with van der Waals surface area (Å²) in [5, 5.41) is 7.08. The number of likely N-dealkylation sites (N-methyl/N-ethyl adjacent to an activating group) is 1. The van der Waals surface area contributed by atoms with Gasteiger partial charge in [0, 0.05) is 26.2 Å². The van der Waals surface area contributed by atoms with Gasteiger partial charge >= 0.3 is 0 Å². The van der Waals surface area contributed by atoms with E-state index in [9.17, 15) is 9.59 Å². The first-order valence-corrected chi connectivity index (χ1v) is 9.40. The molecule has 0 fully saturated rings. The average Bonchev–Trinajstić information content (AvgIpc) is 3.06. The lowest BCUT2D eigenvalue weighted by Gasteiger charge is -2.20. The Kier molecular flexibility index (Phi) is 5.03. The molecule has 148 valence electrons. The highest BCUT2D eigenvalue weighted by Crippen LogP contribution is 2.29. The first-order chi connectivity index (χ1) is 14.0. The topological polar surface area (TPSA) is 76.5 Å². The summed E-state index contributed by atoms with van der Waals surface area (Å²) >= 11 is 0. The Labute approximate surface area is 168 Å². The second kappa shape index (κ2) is 7.79. The lowest BCUT2D eigenvalue weighted by Crippen LogP contribution is -2.49. The summed E-state index contributed by atoms with van der Waals surface area (Å²) in [7, 11) is 3.48. The summed E-state index contributed by atoms with van der Waals surface area (Å²) in [5.41, 5.74) is 3.00. The van der Waals surface area contributed by atoms with Crippen molar-refractivity contribution in [3.8, 4) is 5.75 Å². The van der Waals surface area contributed by atoms with E-state index < -0.39 is 11.9 Å². The van der Waals surface area contributed by atoms with Gasteiger partial charge in [0.1, 0.15) is 24.1 Å². The van der Waals surface area contributed by atoms with Crippen molar-refractivity contribution in [3.05, 3.63) is 77.6 Å². The molecule has 0 radical (unpaired) electrons. The fraction of sp³-hybridized carbons (Fsp3) is 0.227. The molecule has 2 amide bonds. The molecule has 4 rings (SSSR count). The number of benzene rings is 2. The highest BCUT2D eigenvalue weighted by molar-refractivity contribution is 6.02. The van der Waals surface area contributed by atoms with Crippen LogP contribution in [0.1, 0.15) is 21.7 Å². The van der Waals surface area contributed by atoms with Crippen molar-refractivity contribution in [2.45, 2.75) is 12.5 Å². The minimum atomic E-state index is -0.792. The summed E-state index contributed by atoms with van der Waals surface area (Å²) < 4.78 is 7.43. The molecule has 1 aliphatic heterocycles. The van der Waals surface area contributed by atoms with Crippen molar-refractivity contribution in [1.82, 2.24) is 15.1 Å². The molecule has 1 atom stereocenters. The van der Waals surface area contributed by atoms with Crippen molar-refractivity contribution in [2.24, 2.45) is 7.05 Å². The highest BCUT2D eigenvalue weighted by atomic mass is 16.5. The van der Waals surface area contributed by atoms with E-state index in [4.69, 9.17) is 4.74 Å². The number of amides is 2. The lowest BCUT2D eigenvalue weighted by molar-refractivity contribution is -0.120. The molecule has 0 bridgehead atoms. The van der Waals surface area contributed by atoms with Gasteiger partial charge in [-0.1, -0.05) is 42.5 Å². The molecule has 0 saturated carbocycles. The molecule has 1 N–H and O–H groups in total. The minimum absolute atomic E-state index is 0.0651. The predicted molar refractivity (Wildman–Crippen MR) is 109 cm³/mol. The Balaban J connectivity index is 1.48. The largest absolute Gasteiger partial charge is 0.489 e. The van der Waals surface area contributed by atoms with Crippen LogP contribution in [0.15, 0.2) is 60.7 Å². The Hall–Kier alpha value is -3.61. The maximum Gasteiger partial charge on any atom is 0.272 e. The van der Waals surface area contributed by atoms with Crippen LogP contribution in [0.4, 0.5) is 5.69 Å². The molecule has 0 spiro atoms. The molecule has 2 heterocycles. The third-order valence-corrected chi connectivity index (χ3v) is 5.00. The lowest BCUT2D eigenvalue weighted by atomic mass is 10.1. The van der Waals surface area contributed by atoms with Crippen molar-refractivity contribution in [3.63, 3.8) is 0 Å². The summed E-state index contributed by atoms with van der Waals surface area (Å²) in [4.78, 5) is 27.1. The summed E-state index contributed by atoms with van der Waals surface area (Å²) in [6.45, 7) is 0.0651. The van der Waals surface area contributed by atoms with Crippen LogP contribution in [0.3, 0.4) is 0 Å². The molecule has 0 saturated heterocycles. The molecule has 29 heavy (non-hydrogen) atoms. The number of hydrogen-bond donors (Lipinski definition) is 1. The maximum absolute atomic E-state index is 12.8. The van der Waals surface area contributed by atoms with E-state index in [-0.39, 0.29) is 18.2 Å². The molecule has 0 unspecified atom stereocenters. The molecule has 1 aliphatic rings. The van der Waals surface area contributed by atoms with Crippen molar-refractivity contribution < 1.29 is 14.3 Å². The zero-order chi connectivity index (χ0) is 20.4. The predicted octanol–water partition coefficient (Wildman–Crippen LogP) is 2.16. The molecular weight excluding hydrogens is 368 g/mol. The molecule has 3 aromatic rings. The second-order valence-electron chi connectivity index (χ2n) is 7.01. The van der Waals surface area contributed by atoms with Gasteiger partial charge in [-0.3, -0.25) is 14.3 Å². The van der Waals surface area contributed by atoms with Gasteiger partial charge in [0.05, 0.1) is 5.69 Å². The van der Waals surface area contributed by atoms with E-state index in [1.165, 1.54) is 4.90 Å². The van der Waals surface area contributed by atoms with Crippen LogP contribution in [0, 0.1) is 0 Å². The summed E-state index contributed by atoms with van der Waals surface area (Å²) in [6, 6.07) is 18.2. The van der Waals surface area contributed by atoms with E-state index in [0.717, 1.165) is 11.3 Å². The Morgan fingerprint density at radius 2 is 1.86 bits per heavy atom. The number of nitrogens with one attached hydrogen (secondary N) is 1. The van der Waals surface area contributed by atoms with Gasteiger partial charge in [-0.2, -0.15) is 5.10 Å². The SMILES string of the molecule is CN1C(=O)[C@@H](NC(=O)c2cc(Cc3ccccc3)n(C)n2)COc2ccccc21. The quantitative estimate of drug-likeness (QED) is 0.741. The fourth-order valence-corrected chi connectivity index (χ4v) is 3.38. The third kappa shape index (κ3) is 3.85. The molecule has 7 nitrogen and oxygen atoms in total. The summed E-state index contributed by atoms with van der Waals surface area (Å²) in [5.74, 6) is -0.0203. The zero-order valence-electron chi connectivity index (χ0n) is 16.3. The number of aromatic nitrogens is 2. The van der Waals surface area contributed by atoms with Gasteiger partial charge in [-0.05, 0) is 23.8 Å². The summed E-state index contributed by atoms with van der Waals surface area (Å²) in [6.07, 6.45) is 0.668. The van der Waals surface area contributed by atoms with Crippen LogP contribution in [0.2, 0.25) is 0 Å². The van der Waals surface area contributed by atoms with Gasteiger partial charge in [0.2, 0.25) is 0 Å². The first kappa shape index (κ1) is 18.7. The Morgan fingerprint density at radius 1 is 1.14 bits per heavy atom. The van der Waals surface area contributed by atoms with E-state index in [0.29, 0.717) is 17.9 Å². The van der Waals surface area contributed by atoms with Crippen LogP contribution in [0.5, 0.6) is 5.75 Å². The second-order valence-corrected chi connectivity index (χ2v) is 7.01. The smallest absolute Gasteiger partial charge is 0.272 e. The number of anilines is 1. The van der Waals surface area contributed by atoms with E-state index in [2.05, 4.69) is 10.4 Å². The van der Waals surface area contributed by atoms with Crippen molar-refractivity contribution in [2.75, 3.05) is 18.6 Å². The highest BCUT2D eigenvalue weighted by Gasteiger charge is 2.31. The molecule has 2 aromatic carbocycles. The normalized spacial score (nSPS) is 16.0. The molecule has 7 heteroatoms. The van der Waals surface area contributed by atoms with Gasteiger partial charge in [0.25, 0.3) is 11.8 Å². The fourth-order valence-electron chi connectivity index (χ4n) is 3.38. The van der Waals surface area contributed by atoms with Crippen LogP contribution in [0.25, 0.3) is 0 Å². The zero-order valence-corrected chi connectivity index (χ0v) is 16.3. The van der Waals surface area contributed by atoms with Crippen LogP contribution < -0.4 is 15.0 Å². The number of rotatable bonds is 4. The third-order valence-electron chi connectivity index (χ3n) is 5.00. The van der Waals surface area contributed by atoms with E-state index in [1.54, 1.807) is 30.9 Å². The molecule has 0 aliphatic carbocycles. The standard InChI is InChI=1S/C22H22N4O3/c1-25-19-10-6-7-11-20(19)29-14-18(22(25)28)23-21(27)17-13-16(26(2)24-17)12-15-8-4-3-5-9-15/h3-11,13,18H,12,14H2,1-2H3,(H,23,27)/t18-/m0/s1. The number of nitrogens with zero attached hydrogens (tertiary/aromatic N) is 3. The average molecular weight is 390 g/mol. The van der Waals surface area contributed by atoms with Crippen molar-refractivity contribution in [1.29, 1.82) is 0 Å².